The lowest BCUT2D eigenvalue weighted by Gasteiger charge is -2.15. The van der Waals surface area contributed by atoms with E-state index in [0.29, 0.717) is 30.3 Å². The Balaban J connectivity index is 2.15. The van der Waals surface area contributed by atoms with Crippen molar-refractivity contribution in [2.24, 2.45) is 0 Å². The zero-order chi connectivity index (χ0) is 17.3. The minimum atomic E-state index is -3.16. The highest BCUT2D eigenvalue weighted by molar-refractivity contribution is 7.89. The first-order valence-corrected chi connectivity index (χ1v) is 9.43. The van der Waals surface area contributed by atoms with E-state index in [1.165, 1.54) is 4.31 Å². The lowest BCUT2D eigenvalue weighted by atomic mass is 10.3. The second kappa shape index (κ2) is 9.75. The van der Waals surface area contributed by atoms with E-state index in [2.05, 4.69) is 5.32 Å². The molecule has 0 aliphatic heterocycles. The third-order valence-electron chi connectivity index (χ3n) is 3.21. The Morgan fingerprint density at radius 1 is 1.39 bits per heavy atom. The molecule has 8 heteroatoms. The van der Waals surface area contributed by atoms with Crippen LogP contribution in [0.4, 0.5) is 0 Å². The minimum absolute atomic E-state index is 0.0801. The van der Waals surface area contributed by atoms with Gasteiger partial charge in [0.1, 0.15) is 5.75 Å². The predicted octanol–water partition coefficient (Wildman–Crippen LogP) is 1.90. The van der Waals surface area contributed by atoms with Crippen LogP contribution in [-0.4, -0.2) is 51.1 Å². The van der Waals surface area contributed by atoms with Crippen molar-refractivity contribution >= 4 is 27.5 Å². The van der Waals surface area contributed by atoms with Crippen LogP contribution in [0.5, 0.6) is 5.75 Å². The highest BCUT2D eigenvalue weighted by atomic mass is 35.5. The van der Waals surface area contributed by atoms with E-state index in [4.69, 9.17) is 16.3 Å². The van der Waals surface area contributed by atoms with E-state index in [1.807, 2.05) is 0 Å². The van der Waals surface area contributed by atoms with Crippen LogP contribution in [-0.2, 0) is 14.8 Å². The predicted molar refractivity (Wildman–Crippen MR) is 91.3 cm³/mol. The van der Waals surface area contributed by atoms with Crippen LogP contribution in [0.15, 0.2) is 24.3 Å². The standard InChI is InChI=1S/C15H23ClN2O4S/c1-3-23(20,21)18(2)10-5-9-17-15(19)8-11-22-14-7-4-6-13(16)12-14/h4,6-7,12H,3,5,8-11H2,1-2H3,(H,17,19). The average molecular weight is 363 g/mol. The lowest BCUT2D eigenvalue weighted by molar-refractivity contribution is -0.121. The first-order chi connectivity index (χ1) is 10.8. The maximum absolute atomic E-state index is 11.6. The number of rotatable bonds is 10. The Bertz CT molecular complexity index is 607. The van der Waals surface area contributed by atoms with E-state index < -0.39 is 10.0 Å². The van der Waals surface area contributed by atoms with Crippen LogP contribution in [0.1, 0.15) is 19.8 Å². The topological polar surface area (TPSA) is 75.7 Å². The van der Waals surface area contributed by atoms with Gasteiger partial charge in [-0.15, -0.1) is 0 Å². The molecule has 0 saturated carbocycles. The van der Waals surface area contributed by atoms with Crippen LogP contribution in [0.3, 0.4) is 0 Å². The smallest absolute Gasteiger partial charge is 0.223 e. The van der Waals surface area contributed by atoms with Gasteiger partial charge in [0.15, 0.2) is 0 Å². The average Bonchev–Trinajstić information content (AvgIpc) is 2.51. The first-order valence-electron chi connectivity index (χ1n) is 7.44. The molecule has 1 N–H and O–H groups in total. The summed E-state index contributed by atoms with van der Waals surface area (Å²) < 4.78 is 29.8. The number of carbonyl (C=O) groups excluding carboxylic acids is 1. The highest BCUT2D eigenvalue weighted by Gasteiger charge is 2.14. The Morgan fingerprint density at radius 3 is 2.78 bits per heavy atom. The Kier molecular flexibility index (Phi) is 8.36. The molecule has 130 valence electrons. The molecule has 6 nitrogen and oxygen atoms in total. The van der Waals surface area contributed by atoms with E-state index in [1.54, 1.807) is 38.2 Å². The van der Waals surface area contributed by atoms with Gasteiger partial charge in [0.2, 0.25) is 15.9 Å². The van der Waals surface area contributed by atoms with Crippen molar-refractivity contribution in [2.45, 2.75) is 19.8 Å². The Morgan fingerprint density at radius 2 is 2.13 bits per heavy atom. The van der Waals surface area contributed by atoms with Crippen molar-refractivity contribution in [3.8, 4) is 5.75 Å². The van der Waals surface area contributed by atoms with E-state index in [-0.39, 0.29) is 24.7 Å². The number of hydrogen-bond donors (Lipinski definition) is 1. The monoisotopic (exact) mass is 362 g/mol. The molecule has 1 aromatic carbocycles. The summed E-state index contributed by atoms with van der Waals surface area (Å²) in [7, 11) is -1.62. The number of halogens is 1. The normalized spacial score (nSPS) is 11.5. The van der Waals surface area contributed by atoms with Crippen LogP contribution >= 0.6 is 11.6 Å². The van der Waals surface area contributed by atoms with Crippen molar-refractivity contribution in [3.63, 3.8) is 0 Å². The van der Waals surface area contributed by atoms with Gasteiger partial charge in [0, 0.05) is 25.2 Å². The quantitative estimate of drug-likeness (QED) is 0.645. The zero-order valence-corrected chi connectivity index (χ0v) is 15.0. The fraction of sp³-hybridized carbons (Fsp3) is 0.533. The second-order valence-electron chi connectivity index (χ2n) is 4.98. The molecular formula is C15H23ClN2O4S. The van der Waals surface area contributed by atoms with Crippen molar-refractivity contribution in [2.75, 3.05) is 32.5 Å². The molecular weight excluding hydrogens is 340 g/mol. The van der Waals surface area contributed by atoms with Crippen molar-refractivity contribution in [1.82, 2.24) is 9.62 Å². The van der Waals surface area contributed by atoms with Gasteiger partial charge in [-0.1, -0.05) is 17.7 Å². The van der Waals surface area contributed by atoms with Gasteiger partial charge in [-0.3, -0.25) is 4.79 Å². The molecule has 0 bridgehead atoms. The molecule has 0 heterocycles. The van der Waals surface area contributed by atoms with E-state index in [9.17, 15) is 13.2 Å². The Labute approximate surface area is 142 Å². The second-order valence-corrected chi connectivity index (χ2v) is 7.78. The SMILES string of the molecule is CCS(=O)(=O)N(C)CCCNC(=O)CCOc1cccc(Cl)c1. The number of carbonyl (C=O) groups is 1. The number of hydrogen-bond acceptors (Lipinski definition) is 4. The summed E-state index contributed by atoms with van der Waals surface area (Å²) in [6, 6.07) is 6.98. The molecule has 23 heavy (non-hydrogen) atoms. The molecule has 0 aliphatic rings. The summed E-state index contributed by atoms with van der Waals surface area (Å²) in [6.45, 7) is 2.68. The summed E-state index contributed by atoms with van der Waals surface area (Å²) in [5.74, 6) is 0.571. The van der Waals surface area contributed by atoms with Gasteiger partial charge < -0.3 is 10.1 Å². The van der Waals surface area contributed by atoms with E-state index >= 15 is 0 Å². The lowest BCUT2D eigenvalue weighted by Crippen LogP contribution is -2.32. The summed E-state index contributed by atoms with van der Waals surface area (Å²) in [5.41, 5.74) is 0. The van der Waals surface area contributed by atoms with Crippen LogP contribution in [0, 0.1) is 0 Å². The fourth-order valence-corrected chi connectivity index (χ4v) is 2.82. The van der Waals surface area contributed by atoms with Gasteiger partial charge in [-0.2, -0.15) is 0 Å². The molecule has 0 atom stereocenters. The molecule has 0 fully saturated rings. The summed E-state index contributed by atoms with van der Waals surface area (Å²) >= 11 is 5.83. The number of amides is 1. The van der Waals surface area contributed by atoms with Crippen molar-refractivity contribution in [1.29, 1.82) is 0 Å². The summed E-state index contributed by atoms with van der Waals surface area (Å²) in [5, 5.41) is 3.32. The van der Waals surface area contributed by atoms with Gasteiger partial charge in [-0.25, -0.2) is 12.7 Å². The Hall–Kier alpha value is -1.31. The molecule has 0 spiro atoms. The van der Waals surface area contributed by atoms with Gasteiger partial charge in [-0.05, 0) is 31.5 Å². The molecule has 0 saturated heterocycles. The third-order valence-corrected chi connectivity index (χ3v) is 5.30. The minimum Gasteiger partial charge on any atom is -0.493 e. The third kappa shape index (κ3) is 7.67. The molecule has 1 amide bonds. The summed E-state index contributed by atoms with van der Waals surface area (Å²) in [6.07, 6.45) is 0.798. The zero-order valence-electron chi connectivity index (χ0n) is 13.4. The molecule has 0 aromatic heterocycles. The van der Waals surface area contributed by atoms with Crippen molar-refractivity contribution in [3.05, 3.63) is 29.3 Å². The van der Waals surface area contributed by atoms with Crippen LogP contribution in [0.2, 0.25) is 5.02 Å². The van der Waals surface area contributed by atoms with Crippen molar-refractivity contribution < 1.29 is 17.9 Å². The molecule has 0 unspecified atom stereocenters. The molecule has 1 aromatic rings. The number of benzene rings is 1. The summed E-state index contributed by atoms with van der Waals surface area (Å²) in [4.78, 5) is 11.6. The number of ether oxygens (including phenoxy) is 1. The van der Waals surface area contributed by atoms with Gasteiger partial charge in [0.05, 0.1) is 18.8 Å². The number of sulfonamides is 1. The first kappa shape index (κ1) is 19.7. The van der Waals surface area contributed by atoms with Crippen LogP contribution < -0.4 is 10.1 Å². The maximum atomic E-state index is 11.6. The van der Waals surface area contributed by atoms with Gasteiger partial charge >= 0.3 is 0 Å². The van der Waals surface area contributed by atoms with Crippen LogP contribution in [0.25, 0.3) is 0 Å². The number of nitrogens with zero attached hydrogens (tertiary/aromatic N) is 1. The molecule has 0 radical (unpaired) electrons. The largest absolute Gasteiger partial charge is 0.493 e. The number of nitrogens with one attached hydrogen (secondary N) is 1. The van der Waals surface area contributed by atoms with Gasteiger partial charge in [0.25, 0.3) is 0 Å². The fourth-order valence-electron chi connectivity index (χ4n) is 1.80. The maximum Gasteiger partial charge on any atom is 0.223 e. The molecule has 0 aliphatic carbocycles. The van der Waals surface area contributed by atoms with E-state index in [0.717, 1.165) is 0 Å². The molecule has 1 rings (SSSR count). The highest BCUT2D eigenvalue weighted by Crippen LogP contribution is 2.17.